The van der Waals surface area contributed by atoms with E-state index in [1.807, 2.05) is 0 Å². The molecule has 0 aromatic heterocycles. The summed E-state index contributed by atoms with van der Waals surface area (Å²) in [7, 11) is 0. The van der Waals surface area contributed by atoms with Crippen molar-refractivity contribution in [3.63, 3.8) is 0 Å². The van der Waals surface area contributed by atoms with Crippen molar-refractivity contribution in [1.82, 2.24) is 0 Å². The van der Waals surface area contributed by atoms with Gasteiger partial charge in [0.15, 0.2) is 0 Å². The van der Waals surface area contributed by atoms with E-state index in [2.05, 4.69) is 66.7 Å². The van der Waals surface area contributed by atoms with E-state index in [-0.39, 0.29) is 5.41 Å². The normalized spacial score (nSPS) is 21.4. The zero-order valence-corrected chi connectivity index (χ0v) is 12.4. The molecule has 0 saturated carbocycles. The molecule has 0 unspecified atom stereocenters. The maximum atomic E-state index is 2.40. The van der Waals surface area contributed by atoms with E-state index >= 15 is 0 Å². The Bertz CT molecular complexity index is 442. The average Bonchev–Trinajstić information content (AvgIpc) is 2.31. The van der Waals surface area contributed by atoms with E-state index in [0.717, 1.165) is 0 Å². The van der Waals surface area contributed by atoms with Gasteiger partial charge in [-0.3, -0.25) is 0 Å². The summed E-state index contributed by atoms with van der Waals surface area (Å²) in [5.41, 5.74) is 5.57. The van der Waals surface area contributed by atoms with Gasteiger partial charge < -0.3 is 0 Å². The smallest absolute Gasteiger partial charge is 0.00894 e. The van der Waals surface area contributed by atoms with Gasteiger partial charge in [-0.1, -0.05) is 66.7 Å². The van der Waals surface area contributed by atoms with Gasteiger partial charge in [-0.25, -0.2) is 0 Å². The quantitative estimate of drug-likeness (QED) is 0.592. The number of hydrogen-bond donors (Lipinski definition) is 0. The van der Waals surface area contributed by atoms with Crippen molar-refractivity contribution in [1.29, 1.82) is 0 Å². The van der Waals surface area contributed by atoms with Crippen LogP contribution in [0.15, 0.2) is 18.2 Å². The van der Waals surface area contributed by atoms with Crippen molar-refractivity contribution in [2.24, 2.45) is 0 Å². The highest BCUT2D eigenvalue weighted by Crippen LogP contribution is 2.52. The van der Waals surface area contributed by atoms with E-state index in [9.17, 15) is 0 Å². The van der Waals surface area contributed by atoms with Crippen molar-refractivity contribution < 1.29 is 0 Å². The van der Waals surface area contributed by atoms with Crippen molar-refractivity contribution in [2.45, 2.75) is 71.1 Å². The Labute approximate surface area is 106 Å². The molecule has 1 aliphatic rings. The summed E-state index contributed by atoms with van der Waals surface area (Å²) in [6.45, 7) is 16.5. The molecule has 0 amide bonds. The first-order chi connectivity index (χ1) is 7.56. The van der Waals surface area contributed by atoms with Crippen molar-refractivity contribution in [2.75, 3.05) is 0 Å². The zero-order valence-electron chi connectivity index (χ0n) is 12.4. The molecule has 17 heavy (non-hydrogen) atoms. The van der Waals surface area contributed by atoms with Gasteiger partial charge in [-0.15, -0.1) is 0 Å². The van der Waals surface area contributed by atoms with Gasteiger partial charge in [0.25, 0.3) is 0 Å². The van der Waals surface area contributed by atoms with Gasteiger partial charge in [0.2, 0.25) is 0 Å². The molecule has 0 N–H and O–H groups in total. The fraction of sp³-hybridized carbons (Fsp3) is 0.647. The fourth-order valence-electron chi connectivity index (χ4n) is 3.76. The second-order valence-electron chi connectivity index (χ2n) is 7.92. The first kappa shape index (κ1) is 12.7. The topological polar surface area (TPSA) is 0 Å². The predicted octanol–water partition coefficient (Wildman–Crippen LogP) is 4.94. The monoisotopic (exact) mass is 230 g/mol. The van der Waals surface area contributed by atoms with Crippen LogP contribution < -0.4 is 0 Å². The summed E-state index contributed by atoms with van der Waals surface area (Å²) in [4.78, 5) is 0. The molecular formula is C17H26. The third-order valence-corrected chi connectivity index (χ3v) is 4.16. The highest BCUT2D eigenvalue weighted by atomic mass is 14.5. The molecule has 0 nitrogen and oxygen atoms in total. The summed E-state index contributed by atoms with van der Waals surface area (Å²) < 4.78 is 0. The van der Waals surface area contributed by atoms with Crippen LogP contribution in [0.3, 0.4) is 0 Å². The van der Waals surface area contributed by atoms with Crippen LogP contribution in [0.25, 0.3) is 0 Å². The van der Waals surface area contributed by atoms with E-state index in [0.29, 0.717) is 10.8 Å². The molecule has 0 spiro atoms. The molecule has 94 valence electrons. The summed E-state index contributed by atoms with van der Waals surface area (Å²) in [5, 5.41) is 0. The van der Waals surface area contributed by atoms with Crippen molar-refractivity contribution in [3.05, 3.63) is 34.9 Å². The fourth-order valence-corrected chi connectivity index (χ4v) is 3.76. The maximum Gasteiger partial charge on any atom is -0.00894 e. The lowest BCUT2D eigenvalue weighted by molar-refractivity contribution is 0.399. The molecule has 0 heteroatoms. The van der Waals surface area contributed by atoms with Crippen LogP contribution >= 0.6 is 0 Å². The average molecular weight is 230 g/mol. The molecule has 0 bridgehead atoms. The minimum absolute atomic E-state index is 0.239. The minimum atomic E-state index is 0.239. The Morgan fingerprint density at radius 1 is 0.941 bits per heavy atom. The number of fused-ring (bicyclic) bond motifs is 1. The van der Waals surface area contributed by atoms with Gasteiger partial charge in [0.1, 0.15) is 0 Å². The van der Waals surface area contributed by atoms with E-state index in [4.69, 9.17) is 0 Å². The molecule has 0 radical (unpaired) electrons. The standard InChI is InChI=1S/C17H26/c1-15(2,3)12-9-8-10-13-14(12)17(6,7)11-16(13,4)5/h8-10H,11H2,1-7H3. The number of hydrogen-bond acceptors (Lipinski definition) is 0. The lowest BCUT2D eigenvalue weighted by Gasteiger charge is -2.29. The summed E-state index contributed by atoms with van der Waals surface area (Å²) in [5.74, 6) is 0. The highest BCUT2D eigenvalue weighted by Gasteiger charge is 2.44. The van der Waals surface area contributed by atoms with Gasteiger partial charge in [0.05, 0.1) is 0 Å². The third-order valence-electron chi connectivity index (χ3n) is 4.16. The Morgan fingerprint density at radius 2 is 1.53 bits per heavy atom. The SMILES string of the molecule is CC(C)(C)c1cccc2c1C(C)(C)CC2(C)C. The van der Waals surface area contributed by atoms with E-state index in [1.54, 1.807) is 11.1 Å². The first-order valence-electron chi connectivity index (χ1n) is 6.70. The van der Waals surface area contributed by atoms with E-state index in [1.165, 1.54) is 12.0 Å². The van der Waals surface area contributed by atoms with Crippen LogP contribution in [0, 0.1) is 0 Å². The van der Waals surface area contributed by atoms with Crippen LogP contribution in [0.1, 0.15) is 71.6 Å². The Hall–Kier alpha value is -0.780. The third kappa shape index (κ3) is 1.92. The predicted molar refractivity (Wildman–Crippen MR) is 75.8 cm³/mol. The second kappa shape index (κ2) is 3.37. The molecule has 0 atom stereocenters. The lowest BCUT2D eigenvalue weighted by atomic mass is 9.75. The molecule has 0 fully saturated rings. The van der Waals surface area contributed by atoms with Gasteiger partial charge in [-0.2, -0.15) is 0 Å². The van der Waals surface area contributed by atoms with Gasteiger partial charge in [0, 0.05) is 0 Å². The van der Waals surface area contributed by atoms with Gasteiger partial charge in [-0.05, 0) is 39.4 Å². The number of benzene rings is 1. The molecule has 0 aliphatic heterocycles. The summed E-state index contributed by atoms with van der Waals surface area (Å²) >= 11 is 0. The van der Waals surface area contributed by atoms with Crippen LogP contribution in [-0.4, -0.2) is 0 Å². The highest BCUT2D eigenvalue weighted by molar-refractivity contribution is 5.51. The zero-order chi connectivity index (χ0) is 13.1. The molecule has 1 aromatic rings. The molecular weight excluding hydrogens is 204 g/mol. The Morgan fingerprint density at radius 3 is 2.06 bits per heavy atom. The molecule has 0 heterocycles. The maximum absolute atomic E-state index is 2.40. The molecule has 2 rings (SSSR count). The molecule has 1 aromatic carbocycles. The molecule has 0 saturated heterocycles. The van der Waals surface area contributed by atoms with Crippen LogP contribution in [0.2, 0.25) is 0 Å². The summed E-state index contributed by atoms with van der Waals surface area (Å²) in [6, 6.07) is 6.89. The van der Waals surface area contributed by atoms with E-state index < -0.39 is 0 Å². The minimum Gasteiger partial charge on any atom is -0.0617 e. The van der Waals surface area contributed by atoms with Crippen LogP contribution in [-0.2, 0) is 16.2 Å². The van der Waals surface area contributed by atoms with Crippen molar-refractivity contribution in [3.8, 4) is 0 Å². The molecule has 1 aliphatic carbocycles. The van der Waals surface area contributed by atoms with Crippen LogP contribution in [0.4, 0.5) is 0 Å². The summed E-state index contributed by atoms with van der Waals surface area (Å²) in [6.07, 6.45) is 1.25. The van der Waals surface area contributed by atoms with Crippen LogP contribution in [0.5, 0.6) is 0 Å². The second-order valence-corrected chi connectivity index (χ2v) is 7.92. The lowest BCUT2D eigenvalue weighted by Crippen LogP contribution is -2.22. The Balaban J connectivity index is 2.75. The Kier molecular flexibility index (Phi) is 2.51. The number of rotatable bonds is 0. The van der Waals surface area contributed by atoms with Crippen molar-refractivity contribution >= 4 is 0 Å². The van der Waals surface area contributed by atoms with Gasteiger partial charge >= 0.3 is 0 Å². The first-order valence-corrected chi connectivity index (χ1v) is 6.70. The largest absolute Gasteiger partial charge is 0.0617 e.